The second kappa shape index (κ2) is 5.32. The largest absolute Gasteiger partial charge is 0.457 e. The lowest BCUT2D eigenvalue weighted by Crippen LogP contribution is -2.04. The monoisotopic (exact) mass is 267 g/mol. The summed E-state index contributed by atoms with van der Waals surface area (Å²) >= 11 is 0. The van der Waals surface area contributed by atoms with Gasteiger partial charge in [-0.15, -0.1) is 0 Å². The first-order valence-corrected chi connectivity index (χ1v) is 5.63. The Bertz CT molecular complexity index is 567. The van der Waals surface area contributed by atoms with Crippen molar-refractivity contribution in [2.45, 2.75) is 12.7 Å². The molecule has 0 amide bonds. The van der Waals surface area contributed by atoms with E-state index in [9.17, 15) is 13.2 Å². The standard InChI is InChI=1S/C14H12F3NO/c15-14(16,17)11-4-2-6-13(8-11)19-12-5-1-3-10(7-12)9-18/h1-8H,9,18H2. The zero-order chi connectivity index (χ0) is 13.9. The number of halogens is 3. The van der Waals surface area contributed by atoms with Gasteiger partial charge in [0.05, 0.1) is 5.56 Å². The van der Waals surface area contributed by atoms with Gasteiger partial charge in [0.2, 0.25) is 0 Å². The predicted molar refractivity (Wildman–Crippen MR) is 65.9 cm³/mol. The normalized spacial score (nSPS) is 11.4. The zero-order valence-corrected chi connectivity index (χ0v) is 9.95. The molecule has 2 aromatic carbocycles. The average Bonchev–Trinajstić information content (AvgIpc) is 2.38. The van der Waals surface area contributed by atoms with Crippen LogP contribution in [0.3, 0.4) is 0 Å². The number of benzene rings is 2. The van der Waals surface area contributed by atoms with Gasteiger partial charge in [-0.25, -0.2) is 0 Å². The van der Waals surface area contributed by atoms with Crippen LogP contribution in [-0.2, 0) is 12.7 Å². The Balaban J connectivity index is 2.23. The lowest BCUT2D eigenvalue weighted by atomic mass is 10.2. The second-order valence-electron chi connectivity index (χ2n) is 3.98. The molecular weight excluding hydrogens is 255 g/mol. The maximum atomic E-state index is 12.6. The SMILES string of the molecule is NCc1cccc(Oc2cccc(C(F)(F)F)c2)c1. The van der Waals surface area contributed by atoms with Crippen LogP contribution in [0, 0.1) is 0 Å². The van der Waals surface area contributed by atoms with Crippen molar-refractivity contribution in [3.8, 4) is 11.5 Å². The highest BCUT2D eigenvalue weighted by Crippen LogP contribution is 2.32. The van der Waals surface area contributed by atoms with Crippen molar-refractivity contribution >= 4 is 0 Å². The Hall–Kier alpha value is -2.01. The van der Waals surface area contributed by atoms with Crippen LogP contribution in [0.1, 0.15) is 11.1 Å². The van der Waals surface area contributed by atoms with Gasteiger partial charge in [0.25, 0.3) is 0 Å². The molecule has 0 heterocycles. The van der Waals surface area contributed by atoms with Crippen molar-refractivity contribution in [1.29, 1.82) is 0 Å². The molecule has 0 saturated heterocycles. The molecule has 0 fully saturated rings. The fourth-order valence-corrected chi connectivity index (χ4v) is 1.61. The molecule has 0 aliphatic heterocycles. The van der Waals surface area contributed by atoms with E-state index in [0.29, 0.717) is 12.3 Å². The topological polar surface area (TPSA) is 35.2 Å². The summed E-state index contributed by atoms with van der Waals surface area (Å²) in [7, 11) is 0. The fourth-order valence-electron chi connectivity index (χ4n) is 1.61. The molecule has 0 spiro atoms. The van der Waals surface area contributed by atoms with Crippen LogP contribution in [0.25, 0.3) is 0 Å². The zero-order valence-electron chi connectivity index (χ0n) is 9.95. The van der Waals surface area contributed by atoms with Crippen molar-refractivity contribution in [1.82, 2.24) is 0 Å². The number of nitrogens with two attached hydrogens (primary N) is 1. The summed E-state index contributed by atoms with van der Waals surface area (Å²) < 4.78 is 43.1. The Morgan fingerprint density at radius 2 is 1.58 bits per heavy atom. The average molecular weight is 267 g/mol. The summed E-state index contributed by atoms with van der Waals surface area (Å²) in [5.41, 5.74) is 5.60. The molecule has 0 saturated carbocycles. The number of rotatable bonds is 3. The minimum atomic E-state index is -4.38. The molecule has 2 N–H and O–H groups in total. The van der Waals surface area contributed by atoms with Crippen LogP contribution in [0.4, 0.5) is 13.2 Å². The quantitative estimate of drug-likeness (QED) is 0.913. The summed E-state index contributed by atoms with van der Waals surface area (Å²) in [6.07, 6.45) is -4.38. The van der Waals surface area contributed by atoms with E-state index in [0.717, 1.165) is 17.7 Å². The van der Waals surface area contributed by atoms with Crippen molar-refractivity contribution in [2.24, 2.45) is 5.73 Å². The fraction of sp³-hybridized carbons (Fsp3) is 0.143. The number of hydrogen-bond acceptors (Lipinski definition) is 2. The third-order valence-corrected chi connectivity index (χ3v) is 2.53. The van der Waals surface area contributed by atoms with Crippen LogP contribution in [0.15, 0.2) is 48.5 Å². The molecule has 0 unspecified atom stereocenters. The van der Waals surface area contributed by atoms with Gasteiger partial charge in [-0.3, -0.25) is 0 Å². The molecule has 0 bridgehead atoms. The van der Waals surface area contributed by atoms with Crippen LogP contribution >= 0.6 is 0 Å². The third kappa shape index (κ3) is 3.48. The molecule has 0 aliphatic carbocycles. The van der Waals surface area contributed by atoms with Gasteiger partial charge in [0.15, 0.2) is 0 Å². The molecule has 2 nitrogen and oxygen atoms in total. The minimum absolute atomic E-state index is 0.143. The number of hydrogen-bond donors (Lipinski definition) is 1. The van der Waals surface area contributed by atoms with E-state index in [-0.39, 0.29) is 5.75 Å². The predicted octanol–water partition coefficient (Wildman–Crippen LogP) is 3.96. The maximum Gasteiger partial charge on any atom is 0.416 e. The summed E-state index contributed by atoms with van der Waals surface area (Å²) in [5, 5.41) is 0. The van der Waals surface area contributed by atoms with Crippen molar-refractivity contribution in [2.75, 3.05) is 0 Å². The van der Waals surface area contributed by atoms with Gasteiger partial charge >= 0.3 is 6.18 Å². The van der Waals surface area contributed by atoms with Gasteiger partial charge in [0.1, 0.15) is 11.5 Å². The lowest BCUT2D eigenvalue weighted by molar-refractivity contribution is -0.137. The lowest BCUT2D eigenvalue weighted by Gasteiger charge is -2.10. The number of alkyl halides is 3. The van der Waals surface area contributed by atoms with Gasteiger partial charge in [0, 0.05) is 6.54 Å². The highest BCUT2D eigenvalue weighted by Gasteiger charge is 2.30. The third-order valence-electron chi connectivity index (χ3n) is 2.53. The van der Waals surface area contributed by atoms with E-state index >= 15 is 0 Å². The van der Waals surface area contributed by atoms with Gasteiger partial charge < -0.3 is 10.5 Å². The van der Waals surface area contributed by atoms with Crippen molar-refractivity contribution in [3.63, 3.8) is 0 Å². The highest BCUT2D eigenvalue weighted by molar-refractivity contribution is 5.36. The Morgan fingerprint density at radius 3 is 2.21 bits per heavy atom. The van der Waals surface area contributed by atoms with Crippen LogP contribution in [-0.4, -0.2) is 0 Å². The minimum Gasteiger partial charge on any atom is -0.457 e. The molecule has 0 aromatic heterocycles. The molecule has 2 rings (SSSR count). The van der Waals surface area contributed by atoms with Crippen molar-refractivity contribution in [3.05, 3.63) is 59.7 Å². The smallest absolute Gasteiger partial charge is 0.416 e. The Kier molecular flexibility index (Phi) is 3.76. The Morgan fingerprint density at radius 1 is 0.947 bits per heavy atom. The maximum absolute atomic E-state index is 12.6. The molecule has 100 valence electrons. The molecule has 5 heteroatoms. The van der Waals surface area contributed by atoms with Gasteiger partial charge in [-0.05, 0) is 35.9 Å². The van der Waals surface area contributed by atoms with E-state index < -0.39 is 11.7 Å². The van der Waals surface area contributed by atoms with Gasteiger partial charge in [-0.1, -0.05) is 18.2 Å². The van der Waals surface area contributed by atoms with Crippen molar-refractivity contribution < 1.29 is 17.9 Å². The highest BCUT2D eigenvalue weighted by atomic mass is 19.4. The summed E-state index contributed by atoms with van der Waals surface area (Å²) in [5.74, 6) is 0.603. The van der Waals surface area contributed by atoms with E-state index in [1.165, 1.54) is 12.1 Å². The van der Waals surface area contributed by atoms with E-state index in [4.69, 9.17) is 10.5 Å². The van der Waals surface area contributed by atoms with Crippen LogP contribution in [0.5, 0.6) is 11.5 Å². The van der Waals surface area contributed by atoms with E-state index in [1.807, 2.05) is 6.07 Å². The summed E-state index contributed by atoms with van der Waals surface area (Å²) in [6.45, 7) is 0.347. The molecule has 0 atom stereocenters. The van der Waals surface area contributed by atoms with E-state index in [2.05, 4.69) is 0 Å². The summed E-state index contributed by atoms with van der Waals surface area (Å²) in [4.78, 5) is 0. The molecule has 0 aliphatic rings. The molecular formula is C14H12F3NO. The van der Waals surface area contributed by atoms with Crippen LogP contribution < -0.4 is 10.5 Å². The Labute approximate surface area is 108 Å². The molecule has 19 heavy (non-hydrogen) atoms. The summed E-state index contributed by atoms with van der Waals surface area (Å²) in [6, 6.07) is 11.7. The first kappa shape index (κ1) is 13.4. The first-order valence-electron chi connectivity index (χ1n) is 5.63. The molecule has 2 aromatic rings. The first-order chi connectivity index (χ1) is 8.99. The number of ether oxygens (including phenoxy) is 1. The second-order valence-corrected chi connectivity index (χ2v) is 3.98. The van der Waals surface area contributed by atoms with Gasteiger partial charge in [-0.2, -0.15) is 13.2 Å². The van der Waals surface area contributed by atoms with E-state index in [1.54, 1.807) is 18.2 Å². The van der Waals surface area contributed by atoms with Crippen LogP contribution in [0.2, 0.25) is 0 Å². The molecule has 0 radical (unpaired) electrons.